The number of thioether (sulfide) groups is 1. The summed E-state index contributed by atoms with van der Waals surface area (Å²) in [6.45, 7) is 6.93. The molecule has 1 atom stereocenters. The van der Waals surface area contributed by atoms with E-state index in [9.17, 15) is 4.79 Å². The van der Waals surface area contributed by atoms with E-state index in [0.29, 0.717) is 0 Å². The number of carbonyl (C=O) groups excluding carboxylic acids is 1. The van der Waals surface area contributed by atoms with E-state index < -0.39 is 5.54 Å². The zero-order valence-electron chi connectivity index (χ0n) is 11.7. The van der Waals surface area contributed by atoms with Crippen LogP contribution in [0.25, 0.3) is 0 Å². The van der Waals surface area contributed by atoms with E-state index in [1.165, 1.54) is 31.5 Å². The van der Waals surface area contributed by atoms with E-state index in [1.54, 1.807) is 0 Å². The van der Waals surface area contributed by atoms with Crippen molar-refractivity contribution >= 4 is 17.7 Å². The summed E-state index contributed by atoms with van der Waals surface area (Å²) >= 11 is 1.99. The number of esters is 1. The first-order chi connectivity index (χ1) is 8.10. The van der Waals surface area contributed by atoms with Gasteiger partial charge in [0.05, 0.1) is 7.11 Å². The van der Waals surface area contributed by atoms with Gasteiger partial charge in [-0.3, -0.25) is 4.79 Å². The number of hydrogen-bond donors (Lipinski definition) is 1. The van der Waals surface area contributed by atoms with Gasteiger partial charge in [-0.15, -0.1) is 0 Å². The van der Waals surface area contributed by atoms with Gasteiger partial charge in [-0.25, -0.2) is 0 Å². The van der Waals surface area contributed by atoms with Gasteiger partial charge in [0.2, 0.25) is 0 Å². The quantitative estimate of drug-likeness (QED) is 0.485. The maximum atomic E-state index is 11.7. The third-order valence-corrected chi connectivity index (χ3v) is 4.04. The molecule has 0 amide bonds. The standard InChI is InChI=1S/C13H27NO2S/c1-5-10-17-11-8-7-9-13(3,14-6-2)12(15)16-4/h14H,5-11H2,1-4H3. The molecule has 0 bridgehead atoms. The molecule has 4 heteroatoms. The molecule has 0 aliphatic carbocycles. The lowest BCUT2D eigenvalue weighted by atomic mass is 9.95. The largest absolute Gasteiger partial charge is 0.468 e. The summed E-state index contributed by atoms with van der Waals surface area (Å²) in [7, 11) is 1.45. The lowest BCUT2D eigenvalue weighted by Gasteiger charge is -2.27. The van der Waals surface area contributed by atoms with Crippen LogP contribution in [0.2, 0.25) is 0 Å². The van der Waals surface area contributed by atoms with Crippen molar-refractivity contribution in [2.75, 3.05) is 25.2 Å². The van der Waals surface area contributed by atoms with Crippen molar-refractivity contribution in [2.45, 2.75) is 52.0 Å². The Bertz CT molecular complexity index is 212. The van der Waals surface area contributed by atoms with E-state index in [-0.39, 0.29) is 5.97 Å². The van der Waals surface area contributed by atoms with Gasteiger partial charge in [-0.05, 0) is 44.2 Å². The fourth-order valence-electron chi connectivity index (χ4n) is 1.81. The van der Waals surface area contributed by atoms with Crippen molar-refractivity contribution in [2.24, 2.45) is 0 Å². The highest BCUT2D eigenvalue weighted by Gasteiger charge is 2.32. The molecule has 0 fully saturated rings. The summed E-state index contributed by atoms with van der Waals surface area (Å²) in [5, 5.41) is 3.23. The monoisotopic (exact) mass is 261 g/mol. The minimum Gasteiger partial charge on any atom is -0.468 e. The van der Waals surface area contributed by atoms with Gasteiger partial charge in [0.15, 0.2) is 0 Å². The fourth-order valence-corrected chi connectivity index (χ4v) is 2.71. The van der Waals surface area contributed by atoms with Crippen molar-refractivity contribution in [3.63, 3.8) is 0 Å². The van der Waals surface area contributed by atoms with Crippen LogP contribution in [-0.2, 0) is 9.53 Å². The van der Waals surface area contributed by atoms with E-state index in [0.717, 1.165) is 19.4 Å². The van der Waals surface area contributed by atoms with E-state index in [1.807, 2.05) is 25.6 Å². The lowest BCUT2D eigenvalue weighted by Crippen LogP contribution is -2.50. The van der Waals surface area contributed by atoms with Crippen LogP contribution < -0.4 is 5.32 Å². The zero-order chi connectivity index (χ0) is 13.1. The molecular formula is C13H27NO2S. The van der Waals surface area contributed by atoms with Crippen molar-refractivity contribution < 1.29 is 9.53 Å². The van der Waals surface area contributed by atoms with Gasteiger partial charge in [0.1, 0.15) is 5.54 Å². The summed E-state index contributed by atoms with van der Waals surface area (Å²) in [6.07, 6.45) is 4.32. The van der Waals surface area contributed by atoms with Crippen LogP contribution in [0.3, 0.4) is 0 Å². The second-order valence-corrected chi connectivity index (χ2v) is 5.65. The van der Waals surface area contributed by atoms with Crippen LogP contribution in [0.15, 0.2) is 0 Å². The first-order valence-electron chi connectivity index (χ1n) is 6.52. The van der Waals surface area contributed by atoms with E-state index >= 15 is 0 Å². The van der Waals surface area contributed by atoms with Crippen LogP contribution in [-0.4, -0.2) is 36.7 Å². The van der Waals surface area contributed by atoms with Gasteiger partial charge in [0.25, 0.3) is 0 Å². The molecule has 0 aromatic heterocycles. The zero-order valence-corrected chi connectivity index (χ0v) is 12.5. The Labute approximate surface area is 110 Å². The van der Waals surface area contributed by atoms with Crippen LogP contribution in [0.4, 0.5) is 0 Å². The molecule has 17 heavy (non-hydrogen) atoms. The second kappa shape index (κ2) is 9.77. The number of nitrogens with one attached hydrogen (secondary N) is 1. The van der Waals surface area contributed by atoms with Crippen LogP contribution >= 0.6 is 11.8 Å². The maximum Gasteiger partial charge on any atom is 0.325 e. The molecule has 1 N–H and O–H groups in total. The summed E-state index contributed by atoms with van der Waals surface area (Å²) in [4.78, 5) is 11.7. The predicted molar refractivity (Wildman–Crippen MR) is 75.6 cm³/mol. The van der Waals surface area contributed by atoms with Crippen molar-refractivity contribution in [3.8, 4) is 0 Å². The average molecular weight is 261 g/mol. The Hall–Kier alpha value is -0.220. The second-order valence-electron chi connectivity index (χ2n) is 4.42. The van der Waals surface area contributed by atoms with Gasteiger partial charge < -0.3 is 10.1 Å². The van der Waals surface area contributed by atoms with Gasteiger partial charge in [-0.2, -0.15) is 11.8 Å². The van der Waals surface area contributed by atoms with Crippen molar-refractivity contribution in [1.29, 1.82) is 0 Å². The smallest absolute Gasteiger partial charge is 0.325 e. The molecule has 0 aromatic carbocycles. The highest BCUT2D eigenvalue weighted by Crippen LogP contribution is 2.17. The Morgan fingerprint density at radius 1 is 1.29 bits per heavy atom. The SMILES string of the molecule is CCCSCCCCC(C)(NCC)C(=O)OC. The Morgan fingerprint density at radius 2 is 2.00 bits per heavy atom. The van der Waals surface area contributed by atoms with Crippen LogP contribution in [0.1, 0.15) is 46.5 Å². The molecule has 0 aliphatic heterocycles. The Kier molecular flexibility index (Phi) is 9.65. The van der Waals surface area contributed by atoms with Crippen molar-refractivity contribution in [3.05, 3.63) is 0 Å². The normalized spacial score (nSPS) is 14.4. The molecule has 0 saturated heterocycles. The molecule has 0 aromatic rings. The number of likely N-dealkylation sites (N-methyl/N-ethyl adjacent to an activating group) is 1. The third kappa shape index (κ3) is 6.94. The Balaban J connectivity index is 3.88. The first kappa shape index (κ1) is 16.8. The number of methoxy groups -OCH3 is 1. The first-order valence-corrected chi connectivity index (χ1v) is 7.67. The summed E-state index contributed by atoms with van der Waals surface area (Å²) in [6, 6.07) is 0. The topological polar surface area (TPSA) is 38.3 Å². The molecule has 0 spiro atoms. The number of hydrogen-bond acceptors (Lipinski definition) is 4. The molecule has 102 valence electrons. The minimum atomic E-state index is -0.515. The predicted octanol–water partition coefficient (Wildman–Crippen LogP) is 2.84. The molecular weight excluding hydrogens is 234 g/mol. The molecule has 0 rings (SSSR count). The molecule has 1 unspecified atom stereocenters. The highest BCUT2D eigenvalue weighted by molar-refractivity contribution is 7.99. The third-order valence-electron chi connectivity index (χ3n) is 2.77. The van der Waals surface area contributed by atoms with Crippen LogP contribution in [0.5, 0.6) is 0 Å². The Morgan fingerprint density at radius 3 is 2.53 bits per heavy atom. The maximum absolute atomic E-state index is 11.7. The van der Waals surface area contributed by atoms with Gasteiger partial charge in [-0.1, -0.05) is 20.3 Å². The number of rotatable bonds is 10. The number of ether oxygens (including phenoxy) is 1. The number of carbonyl (C=O) groups is 1. The summed E-state index contributed by atoms with van der Waals surface area (Å²) in [5.41, 5.74) is -0.515. The van der Waals surface area contributed by atoms with Crippen molar-refractivity contribution in [1.82, 2.24) is 5.32 Å². The van der Waals surface area contributed by atoms with Gasteiger partial charge in [0, 0.05) is 0 Å². The summed E-state index contributed by atoms with van der Waals surface area (Å²) < 4.78 is 4.86. The highest BCUT2D eigenvalue weighted by atomic mass is 32.2. The summed E-state index contributed by atoms with van der Waals surface area (Å²) in [5.74, 6) is 2.28. The average Bonchev–Trinajstić information content (AvgIpc) is 2.33. The molecule has 0 aliphatic rings. The van der Waals surface area contributed by atoms with E-state index in [4.69, 9.17) is 4.74 Å². The number of unbranched alkanes of at least 4 members (excludes halogenated alkanes) is 1. The van der Waals surface area contributed by atoms with Gasteiger partial charge >= 0.3 is 5.97 Å². The fraction of sp³-hybridized carbons (Fsp3) is 0.923. The minimum absolute atomic E-state index is 0.152. The molecule has 0 saturated carbocycles. The lowest BCUT2D eigenvalue weighted by molar-refractivity contribution is -0.148. The molecule has 3 nitrogen and oxygen atoms in total. The molecule has 0 heterocycles. The van der Waals surface area contributed by atoms with E-state index in [2.05, 4.69) is 12.2 Å². The van der Waals surface area contributed by atoms with Crippen LogP contribution in [0, 0.1) is 0 Å². The molecule has 0 radical (unpaired) electrons.